The zero-order valence-electron chi connectivity index (χ0n) is 18.5. The third-order valence-electron chi connectivity index (χ3n) is 5.85. The number of para-hydroxylation sites is 1. The fraction of sp³-hybridized carbons (Fsp3) is 0.0690. The Hall–Kier alpha value is -4.31. The maximum Gasteiger partial charge on any atom is 0.263 e. The number of benzene rings is 4. The summed E-state index contributed by atoms with van der Waals surface area (Å²) in [5, 5.41) is 1.58. The molecule has 0 unspecified atom stereocenters. The standard InChI is InChI=1S/C29H23NO3/c1-32-23-16-12-20(13-17-23)27-25-10-6-7-11-26(25)29(31)30(22-8-4-3-5-9-22)28(27)21-14-18-24(33-2)19-15-21/h3-19H,1-2H3. The van der Waals surface area contributed by atoms with Gasteiger partial charge in [-0.25, -0.2) is 0 Å². The van der Waals surface area contributed by atoms with Gasteiger partial charge >= 0.3 is 0 Å². The van der Waals surface area contributed by atoms with E-state index in [2.05, 4.69) is 0 Å². The number of pyridine rings is 1. The predicted molar refractivity (Wildman–Crippen MR) is 134 cm³/mol. The van der Waals surface area contributed by atoms with E-state index < -0.39 is 0 Å². The lowest BCUT2D eigenvalue weighted by Gasteiger charge is -2.21. The number of aromatic nitrogens is 1. The second-order valence-corrected chi connectivity index (χ2v) is 7.70. The highest BCUT2D eigenvalue weighted by Gasteiger charge is 2.20. The van der Waals surface area contributed by atoms with Crippen LogP contribution in [0.15, 0.2) is 108 Å². The molecule has 0 bridgehead atoms. The van der Waals surface area contributed by atoms with Gasteiger partial charge in [-0.3, -0.25) is 9.36 Å². The van der Waals surface area contributed by atoms with Crippen molar-refractivity contribution in [3.8, 4) is 39.6 Å². The molecule has 0 aliphatic rings. The lowest BCUT2D eigenvalue weighted by Crippen LogP contribution is -2.21. The Morgan fingerprint density at radius 2 is 1.09 bits per heavy atom. The second kappa shape index (κ2) is 8.67. The quantitative estimate of drug-likeness (QED) is 0.325. The van der Waals surface area contributed by atoms with Crippen LogP contribution in [-0.2, 0) is 0 Å². The van der Waals surface area contributed by atoms with Crippen LogP contribution in [0.5, 0.6) is 11.5 Å². The fourth-order valence-electron chi connectivity index (χ4n) is 4.24. The van der Waals surface area contributed by atoms with Gasteiger partial charge in [0.1, 0.15) is 11.5 Å². The average Bonchev–Trinajstić information content (AvgIpc) is 2.89. The minimum atomic E-state index is -0.0557. The molecule has 0 spiro atoms. The summed E-state index contributed by atoms with van der Waals surface area (Å²) >= 11 is 0. The third kappa shape index (κ3) is 3.66. The van der Waals surface area contributed by atoms with E-state index in [1.54, 1.807) is 14.2 Å². The Kier molecular flexibility index (Phi) is 5.41. The Balaban J connectivity index is 1.95. The first-order valence-corrected chi connectivity index (χ1v) is 10.7. The van der Waals surface area contributed by atoms with Crippen LogP contribution in [0.25, 0.3) is 38.8 Å². The maximum atomic E-state index is 13.8. The Labute approximate surface area is 192 Å². The second-order valence-electron chi connectivity index (χ2n) is 7.70. The minimum absolute atomic E-state index is 0.0557. The van der Waals surface area contributed by atoms with Crippen molar-refractivity contribution in [3.63, 3.8) is 0 Å². The zero-order chi connectivity index (χ0) is 22.8. The molecule has 1 heterocycles. The van der Waals surface area contributed by atoms with E-state index in [0.29, 0.717) is 5.39 Å². The summed E-state index contributed by atoms with van der Waals surface area (Å²) in [6, 6.07) is 33.3. The molecule has 0 aliphatic heterocycles. The summed E-state index contributed by atoms with van der Waals surface area (Å²) in [4.78, 5) is 13.8. The first kappa shape index (κ1) is 20.6. The number of hydrogen-bond donors (Lipinski definition) is 0. The summed E-state index contributed by atoms with van der Waals surface area (Å²) < 4.78 is 12.6. The SMILES string of the molecule is COc1ccc(-c2c(-c3ccc(OC)cc3)n(-c3ccccc3)c(=O)c3ccccc23)cc1. The molecule has 0 radical (unpaired) electrons. The van der Waals surface area contributed by atoms with Gasteiger partial charge < -0.3 is 9.47 Å². The number of ether oxygens (including phenoxy) is 2. The molecule has 0 fully saturated rings. The summed E-state index contributed by atoms with van der Waals surface area (Å²) in [7, 11) is 3.30. The van der Waals surface area contributed by atoms with Crippen molar-refractivity contribution in [2.24, 2.45) is 0 Å². The molecule has 0 N–H and O–H groups in total. The Morgan fingerprint density at radius 3 is 1.67 bits per heavy atom. The van der Waals surface area contributed by atoms with Crippen molar-refractivity contribution in [2.75, 3.05) is 14.2 Å². The summed E-state index contributed by atoms with van der Waals surface area (Å²) in [5.41, 5.74) is 4.50. The highest BCUT2D eigenvalue weighted by molar-refractivity contribution is 6.03. The van der Waals surface area contributed by atoms with Crippen molar-refractivity contribution < 1.29 is 9.47 Å². The van der Waals surface area contributed by atoms with E-state index in [0.717, 1.165) is 45.0 Å². The lowest BCUT2D eigenvalue weighted by atomic mass is 9.93. The minimum Gasteiger partial charge on any atom is -0.497 e. The van der Waals surface area contributed by atoms with Crippen LogP contribution in [0, 0.1) is 0 Å². The number of nitrogens with zero attached hydrogens (tertiary/aromatic N) is 1. The van der Waals surface area contributed by atoms with Crippen LogP contribution >= 0.6 is 0 Å². The van der Waals surface area contributed by atoms with Crippen LogP contribution in [0.2, 0.25) is 0 Å². The normalized spacial score (nSPS) is 10.8. The highest BCUT2D eigenvalue weighted by atomic mass is 16.5. The van der Waals surface area contributed by atoms with Crippen LogP contribution in [-0.4, -0.2) is 18.8 Å². The third-order valence-corrected chi connectivity index (χ3v) is 5.85. The largest absolute Gasteiger partial charge is 0.497 e. The van der Waals surface area contributed by atoms with Gasteiger partial charge in [0.25, 0.3) is 5.56 Å². The van der Waals surface area contributed by atoms with Crippen molar-refractivity contribution in [3.05, 3.63) is 113 Å². The molecule has 0 saturated heterocycles. The Bertz CT molecular complexity index is 1470. The van der Waals surface area contributed by atoms with Gasteiger partial charge in [0.15, 0.2) is 0 Å². The van der Waals surface area contributed by atoms with E-state index in [1.807, 2.05) is 108 Å². The van der Waals surface area contributed by atoms with Gasteiger partial charge in [0.05, 0.1) is 19.9 Å². The molecule has 0 atom stereocenters. The number of methoxy groups -OCH3 is 2. The summed E-state index contributed by atoms with van der Waals surface area (Å²) in [5.74, 6) is 1.55. The summed E-state index contributed by atoms with van der Waals surface area (Å²) in [6.07, 6.45) is 0. The van der Waals surface area contributed by atoms with Crippen LogP contribution < -0.4 is 15.0 Å². The molecule has 0 saturated carbocycles. The molecule has 5 aromatic rings. The van der Waals surface area contributed by atoms with E-state index in [9.17, 15) is 4.79 Å². The monoisotopic (exact) mass is 433 g/mol. The fourth-order valence-corrected chi connectivity index (χ4v) is 4.24. The van der Waals surface area contributed by atoms with Gasteiger partial charge in [-0.1, -0.05) is 48.5 Å². The summed E-state index contributed by atoms with van der Waals surface area (Å²) in [6.45, 7) is 0. The topological polar surface area (TPSA) is 40.5 Å². The van der Waals surface area contributed by atoms with Crippen molar-refractivity contribution in [1.29, 1.82) is 0 Å². The molecule has 4 nitrogen and oxygen atoms in total. The van der Waals surface area contributed by atoms with Crippen molar-refractivity contribution in [1.82, 2.24) is 4.57 Å². The smallest absolute Gasteiger partial charge is 0.263 e. The lowest BCUT2D eigenvalue weighted by molar-refractivity contribution is 0.414. The predicted octanol–water partition coefficient (Wildman–Crippen LogP) is 6.34. The molecule has 4 aromatic carbocycles. The van der Waals surface area contributed by atoms with Gasteiger partial charge in [0, 0.05) is 16.6 Å². The highest BCUT2D eigenvalue weighted by Crippen LogP contribution is 2.39. The number of fused-ring (bicyclic) bond motifs is 1. The first-order valence-electron chi connectivity index (χ1n) is 10.7. The maximum absolute atomic E-state index is 13.8. The van der Waals surface area contributed by atoms with E-state index in [-0.39, 0.29) is 5.56 Å². The molecule has 33 heavy (non-hydrogen) atoms. The van der Waals surface area contributed by atoms with Crippen LogP contribution in [0.4, 0.5) is 0 Å². The molecule has 0 aliphatic carbocycles. The van der Waals surface area contributed by atoms with Gasteiger partial charge in [-0.2, -0.15) is 0 Å². The molecule has 4 heteroatoms. The molecule has 0 amide bonds. The molecule has 162 valence electrons. The Morgan fingerprint density at radius 1 is 0.576 bits per heavy atom. The van der Waals surface area contributed by atoms with Crippen LogP contribution in [0.1, 0.15) is 0 Å². The van der Waals surface area contributed by atoms with E-state index in [1.165, 1.54) is 0 Å². The van der Waals surface area contributed by atoms with E-state index in [4.69, 9.17) is 9.47 Å². The molecular weight excluding hydrogens is 410 g/mol. The van der Waals surface area contributed by atoms with Gasteiger partial charge in [0.2, 0.25) is 0 Å². The zero-order valence-corrected chi connectivity index (χ0v) is 18.5. The van der Waals surface area contributed by atoms with Crippen molar-refractivity contribution in [2.45, 2.75) is 0 Å². The molecule has 5 rings (SSSR count). The van der Waals surface area contributed by atoms with Crippen molar-refractivity contribution >= 4 is 10.8 Å². The first-order chi connectivity index (χ1) is 16.2. The van der Waals surface area contributed by atoms with Gasteiger partial charge in [-0.15, -0.1) is 0 Å². The number of hydrogen-bond acceptors (Lipinski definition) is 3. The van der Waals surface area contributed by atoms with Gasteiger partial charge in [-0.05, 0) is 71.1 Å². The van der Waals surface area contributed by atoms with Crippen LogP contribution in [0.3, 0.4) is 0 Å². The average molecular weight is 434 g/mol. The number of rotatable bonds is 5. The molecule has 1 aromatic heterocycles. The van der Waals surface area contributed by atoms with E-state index >= 15 is 0 Å². The molecular formula is C29H23NO3.